The van der Waals surface area contributed by atoms with Crippen LogP contribution >= 0.6 is 0 Å². The van der Waals surface area contributed by atoms with Crippen molar-refractivity contribution in [3.8, 4) is 16.9 Å². The van der Waals surface area contributed by atoms with E-state index in [4.69, 9.17) is 4.74 Å². The lowest BCUT2D eigenvalue weighted by molar-refractivity contribution is 0.291. The first-order valence-electron chi connectivity index (χ1n) is 8.98. The van der Waals surface area contributed by atoms with Gasteiger partial charge in [0.25, 0.3) is 0 Å². The minimum absolute atomic E-state index is 0.0641. The number of ether oxygens (including phenoxy) is 1. The van der Waals surface area contributed by atoms with E-state index in [2.05, 4.69) is 6.92 Å². The topological polar surface area (TPSA) is 9.23 Å². The molecule has 2 aromatic rings. The largest absolute Gasteiger partial charge is 0.491 e. The zero-order valence-corrected chi connectivity index (χ0v) is 14.9. The maximum absolute atomic E-state index is 14.4. The third kappa shape index (κ3) is 5.00. The number of hydrogen-bond donors (Lipinski definition) is 0. The van der Waals surface area contributed by atoms with E-state index in [-0.39, 0.29) is 11.3 Å². The molecule has 0 fully saturated rings. The predicted molar refractivity (Wildman–Crippen MR) is 95.4 cm³/mol. The molecular formula is C21H25F3O. The summed E-state index contributed by atoms with van der Waals surface area (Å²) in [4.78, 5) is 0. The van der Waals surface area contributed by atoms with E-state index in [0.717, 1.165) is 32.1 Å². The summed E-state index contributed by atoms with van der Waals surface area (Å²) in [5.74, 6) is -2.19. The lowest BCUT2D eigenvalue weighted by Crippen LogP contribution is -2.00. The van der Waals surface area contributed by atoms with E-state index < -0.39 is 17.5 Å². The summed E-state index contributed by atoms with van der Waals surface area (Å²) in [7, 11) is 0. The molecule has 0 aliphatic carbocycles. The van der Waals surface area contributed by atoms with Crippen LogP contribution < -0.4 is 4.74 Å². The highest BCUT2D eigenvalue weighted by atomic mass is 19.2. The monoisotopic (exact) mass is 350 g/mol. The molecule has 0 aliphatic rings. The van der Waals surface area contributed by atoms with Gasteiger partial charge >= 0.3 is 0 Å². The van der Waals surface area contributed by atoms with Gasteiger partial charge in [0.15, 0.2) is 23.2 Å². The molecule has 2 rings (SSSR count). The van der Waals surface area contributed by atoms with Crippen LogP contribution in [0.5, 0.6) is 5.75 Å². The van der Waals surface area contributed by atoms with Crippen LogP contribution in [0.2, 0.25) is 0 Å². The van der Waals surface area contributed by atoms with Crippen molar-refractivity contribution in [2.24, 2.45) is 0 Å². The van der Waals surface area contributed by atoms with Gasteiger partial charge in [-0.1, -0.05) is 51.3 Å². The van der Waals surface area contributed by atoms with E-state index in [1.807, 2.05) is 6.92 Å². The van der Waals surface area contributed by atoms with Crippen LogP contribution in [0.25, 0.3) is 11.1 Å². The quantitative estimate of drug-likeness (QED) is 0.458. The molecule has 0 N–H and O–H groups in total. The molecule has 0 spiro atoms. The van der Waals surface area contributed by atoms with Gasteiger partial charge in [-0.2, -0.15) is 0 Å². The Morgan fingerprint density at radius 1 is 0.840 bits per heavy atom. The predicted octanol–water partition coefficient (Wildman–Crippen LogP) is 6.68. The number of hydrogen-bond acceptors (Lipinski definition) is 1. The molecule has 0 heterocycles. The fraction of sp³-hybridized carbons (Fsp3) is 0.429. The second-order valence-corrected chi connectivity index (χ2v) is 6.20. The van der Waals surface area contributed by atoms with Crippen LogP contribution in [0.1, 0.15) is 51.5 Å². The first kappa shape index (κ1) is 19.4. The Hall–Kier alpha value is -1.97. The van der Waals surface area contributed by atoms with Crippen molar-refractivity contribution in [2.45, 2.75) is 52.4 Å². The van der Waals surface area contributed by atoms with Crippen molar-refractivity contribution in [1.29, 1.82) is 0 Å². The highest BCUT2D eigenvalue weighted by Gasteiger charge is 2.16. The van der Waals surface area contributed by atoms with Crippen molar-refractivity contribution in [1.82, 2.24) is 0 Å². The van der Waals surface area contributed by atoms with E-state index in [9.17, 15) is 13.2 Å². The molecule has 0 saturated heterocycles. The molecule has 0 amide bonds. The second-order valence-electron chi connectivity index (χ2n) is 6.20. The van der Waals surface area contributed by atoms with Crippen LogP contribution in [0.15, 0.2) is 30.3 Å². The molecule has 0 bridgehead atoms. The fourth-order valence-electron chi connectivity index (χ4n) is 2.69. The number of unbranched alkanes of at least 4 members (excludes halogenated alkanes) is 3. The van der Waals surface area contributed by atoms with E-state index in [1.54, 1.807) is 12.1 Å². The van der Waals surface area contributed by atoms with E-state index in [1.165, 1.54) is 18.2 Å². The summed E-state index contributed by atoms with van der Waals surface area (Å²) >= 11 is 0. The van der Waals surface area contributed by atoms with Gasteiger partial charge in [0, 0.05) is 5.56 Å². The molecule has 0 unspecified atom stereocenters. The van der Waals surface area contributed by atoms with Crippen LogP contribution in [0.4, 0.5) is 13.2 Å². The summed E-state index contributed by atoms with van der Waals surface area (Å²) in [6, 6.07) is 7.32. The molecule has 0 aliphatic heterocycles. The van der Waals surface area contributed by atoms with E-state index >= 15 is 0 Å². The van der Waals surface area contributed by atoms with Gasteiger partial charge in [0.2, 0.25) is 0 Å². The highest BCUT2D eigenvalue weighted by Crippen LogP contribution is 2.30. The van der Waals surface area contributed by atoms with Gasteiger partial charge in [-0.05, 0) is 42.5 Å². The summed E-state index contributed by atoms with van der Waals surface area (Å²) in [5.41, 5.74) is 0.727. The molecule has 25 heavy (non-hydrogen) atoms. The summed E-state index contributed by atoms with van der Waals surface area (Å²) in [6.45, 7) is 4.52. The third-order valence-electron chi connectivity index (χ3n) is 4.21. The van der Waals surface area contributed by atoms with Gasteiger partial charge in [0.1, 0.15) is 0 Å². The SMILES string of the molecule is CCCCCOc1ccc(-c2ccc(CCCC)c(F)c2F)cc1F. The Morgan fingerprint density at radius 2 is 1.60 bits per heavy atom. The standard InChI is InChI=1S/C21H25F3O/c1-3-5-7-13-25-19-12-10-16(14-18(19)22)17-11-9-15(8-6-4-2)20(23)21(17)24/h9-12,14H,3-8,13H2,1-2H3. The number of rotatable bonds is 9. The number of aryl methyl sites for hydroxylation is 1. The molecular weight excluding hydrogens is 325 g/mol. The Bertz CT molecular complexity index is 698. The maximum Gasteiger partial charge on any atom is 0.166 e. The zero-order valence-electron chi connectivity index (χ0n) is 14.9. The second kappa shape index (κ2) is 9.50. The van der Waals surface area contributed by atoms with Crippen molar-refractivity contribution < 1.29 is 17.9 Å². The first-order valence-corrected chi connectivity index (χ1v) is 8.98. The zero-order chi connectivity index (χ0) is 18.2. The van der Waals surface area contributed by atoms with Crippen molar-refractivity contribution in [3.63, 3.8) is 0 Å². The van der Waals surface area contributed by atoms with Crippen LogP contribution in [0.3, 0.4) is 0 Å². The molecule has 2 aromatic carbocycles. The van der Waals surface area contributed by atoms with Gasteiger partial charge in [-0.15, -0.1) is 0 Å². The molecule has 0 radical (unpaired) electrons. The maximum atomic E-state index is 14.4. The van der Waals surface area contributed by atoms with Crippen molar-refractivity contribution in [2.75, 3.05) is 6.61 Å². The third-order valence-corrected chi connectivity index (χ3v) is 4.21. The Balaban J connectivity index is 2.18. The van der Waals surface area contributed by atoms with Crippen molar-refractivity contribution in [3.05, 3.63) is 53.3 Å². The van der Waals surface area contributed by atoms with Gasteiger partial charge < -0.3 is 4.74 Å². The Kier molecular flexibility index (Phi) is 7.35. The normalized spacial score (nSPS) is 10.9. The molecule has 0 saturated carbocycles. The Labute approximate surface area is 147 Å². The van der Waals surface area contributed by atoms with Crippen LogP contribution in [-0.4, -0.2) is 6.61 Å². The minimum Gasteiger partial charge on any atom is -0.491 e. The average molecular weight is 350 g/mol. The number of benzene rings is 2. The summed E-state index contributed by atoms with van der Waals surface area (Å²) in [6.07, 6.45) is 5.15. The van der Waals surface area contributed by atoms with Crippen LogP contribution in [0, 0.1) is 17.5 Å². The molecule has 4 heteroatoms. The first-order chi connectivity index (χ1) is 12.1. The van der Waals surface area contributed by atoms with E-state index in [0.29, 0.717) is 24.2 Å². The molecule has 1 nitrogen and oxygen atoms in total. The fourth-order valence-corrected chi connectivity index (χ4v) is 2.69. The lowest BCUT2D eigenvalue weighted by Gasteiger charge is -2.11. The summed E-state index contributed by atoms with van der Waals surface area (Å²) < 4.78 is 48.1. The average Bonchev–Trinajstić information content (AvgIpc) is 2.61. The Morgan fingerprint density at radius 3 is 2.28 bits per heavy atom. The molecule has 0 aromatic heterocycles. The smallest absolute Gasteiger partial charge is 0.166 e. The van der Waals surface area contributed by atoms with Crippen LogP contribution in [-0.2, 0) is 6.42 Å². The van der Waals surface area contributed by atoms with Gasteiger partial charge in [-0.3, -0.25) is 0 Å². The number of halogens is 3. The molecule has 0 atom stereocenters. The lowest BCUT2D eigenvalue weighted by atomic mass is 10.00. The summed E-state index contributed by atoms with van der Waals surface area (Å²) in [5, 5.41) is 0. The van der Waals surface area contributed by atoms with Gasteiger partial charge in [-0.25, -0.2) is 13.2 Å². The minimum atomic E-state index is -0.926. The highest BCUT2D eigenvalue weighted by molar-refractivity contribution is 5.65. The van der Waals surface area contributed by atoms with Crippen molar-refractivity contribution >= 4 is 0 Å². The van der Waals surface area contributed by atoms with Gasteiger partial charge in [0.05, 0.1) is 6.61 Å². The molecule has 136 valence electrons.